The predicted molar refractivity (Wildman–Crippen MR) is 97.9 cm³/mol. The molecule has 1 aliphatic carbocycles. The van der Waals surface area contributed by atoms with E-state index in [1.165, 1.54) is 19.1 Å². The first kappa shape index (κ1) is 21.9. The number of alkyl halides is 3. The number of nitrogens with two attached hydrogens (primary N) is 1. The van der Waals surface area contributed by atoms with Crippen LogP contribution in [0.4, 0.5) is 13.2 Å². The van der Waals surface area contributed by atoms with Gasteiger partial charge in [-0.1, -0.05) is 17.7 Å². The highest BCUT2D eigenvalue weighted by atomic mass is 35.5. The molecule has 160 valence electrons. The summed E-state index contributed by atoms with van der Waals surface area (Å²) in [5.41, 5.74) is 5.08. The molecular weight excluding hydrogens is 413 g/mol. The van der Waals surface area contributed by atoms with Gasteiger partial charge in [-0.2, -0.15) is 13.2 Å². The van der Waals surface area contributed by atoms with Crippen LogP contribution in [0.2, 0.25) is 5.02 Å². The highest BCUT2D eigenvalue weighted by Crippen LogP contribution is 2.38. The van der Waals surface area contributed by atoms with E-state index >= 15 is 0 Å². The number of nitrogens with zero attached hydrogens (tertiary/aromatic N) is 1. The number of hydrogen-bond acceptors (Lipinski definition) is 5. The minimum absolute atomic E-state index is 0.00803. The molecule has 0 radical (unpaired) electrons. The summed E-state index contributed by atoms with van der Waals surface area (Å²) in [5, 5.41) is -0.368. The summed E-state index contributed by atoms with van der Waals surface area (Å²) in [7, 11) is 0. The van der Waals surface area contributed by atoms with E-state index in [9.17, 15) is 22.8 Å². The SMILES string of the molecule is CC(=O)OC[C@]1(N)C[C@@H](C(=O)N2CC(OCc3ccc(C(F)(F)F)c(Cl)c3)C2)C1. The van der Waals surface area contributed by atoms with Gasteiger partial charge in [-0.25, -0.2) is 0 Å². The van der Waals surface area contributed by atoms with Crippen LogP contribution in [0.1, 0.15) is 30.9 Å². The standard InChI is InChI=1S/C19H22ClF3N2O4/c1-11(26)29-10-18(24)5-13(6-18)17(27)25-7-14(8-25)28-9-12-2-3-15(16(20)4-12)19(21,22)23/h2-4,13-14H,5-10,24H2,1H3/t13-,18+. The summed E-state index contributed by atoms with van der Waals surface area (Å²) in [4.78, 5) is 24.9. The number of ether oxygens (including phenoxy) is 2. The number of benzene rings is 1. The Morgan fingerprint density at radius 3 is 2.52 bits per heavy atom. The van der Waals surface area contributed by atoms with E-state index in [0.717, 1.165) is 6.07 Å². The molecule has 0 spiro atoms. The zero-order valence-corrected chi connectivity index (χ0v) is 16.6. The van der Waals surface area contributed by atoms with Crippen LogP contribution in [0, 0.1) is 5.92 Å². The van der Waals surface area contributed by atoms with Crippen LogP contribution in [-0.4, -0.2) is 48.1 Å². The average Bonchev–Trinajstić information content (AvgIpc) is 2.54. The molecule has 10 heteroatoms. The molecule has 1 amide bonds. The first-order chi connectivity index (χ1) is 13.5. The Morgan fingerprint density at radius 2 is 1.97 bits per heavy atom. The van der Waals surface area contributed by atoms with Gasteiger partial charge in [-0.05, 0) is 30.5 Å². The van der Waals surface area contributed by atoms with Crippen molar-refractivity contribution in [2.45, 2.75) is 44.2 Å². The van der Waals surface area contributed by atoms with Crippen molar-refractivity contribution in [2.24, 2.45) is 11.7 Å². The average molecular weight is 435 g/mol. The van der Waals surface area contributed by atoms with Crippen molar-refractivity contribution in [2.75, 3.05) is 19.7 Å². The van der Waals surface area contributed by atoms with Crippen molar-refractivity contribution in [3.8, 4) is 0 Å². The number of halogens is 4. The van der Waals surface area contributed by atoms with Crippen LogP contribution < -0.4 is 5.73 Å². The fraction of sp³-hybridized carbons (Fsp3) is 0.579. The second-order valence-corrected chi connectivity index (χ2v) is 8.14. The monoisotopic (exact) mass is 434 g/mol. The van der Waals surface area contributed by atoms with Gasteiger partial charge >= 0.3 is 12.1 Å². The third kappa shape index (κ3) is 5.21. The molecule has 0 atom stereocenters. The lowest BCUT2D eigenvalue weighted by Crippen LogP contribution is -2.63. The summed E-state index contributed by atoms with van der Waals surface area (Å²) in [6, 6.07) is 3.50. The number of hydrogen-bond donors (Lipinski definition) is 1. The van der Waals surface area contributed by atoms with Gasteiger partial charge in [0.1, 0.15) is 6.61 Å². The summed E-state index contributed by atoms with van der Waals surface area (Å²) in [6.45, 7) is 2.37. The maximum absolute atomic E-state index is 12.7. The molecule has 0 unspecified atom stereocenters. The van der Waals surface area contributed by atoms with E-state index in [-0.39, 0.29) is 36.2 Å². The maximum atomic E-state index is 12.7. The van der Waals surface area contributed by atoms with Gasteiger partial charge in [0, 0.05) is 25.9 Å². The fourth-order valence-corrected chi connectivity index (χ4v) is 3.84. The van der Waals surface area contributed by atoms with Crippen molar-refractivity contribution in [3.63, 3.8) is 0 Å². The first-order valence-corrected chi connectivity index (χ1v) is 9.53. The van der Waals surface area contributed by atoms with Gasteiger partial charge in [-0.3, -0.25) is 9.59 Å². The second kappa shape index (κ2) is 8.12. The first-order valence-electron chi connectivity index (χ1n) is 9.15. The summed E-state index contributed by atoms with van der Waals surface area (Å²) >= 11 is 5.70. The second-order valence-electron chi connectivity index (χ2n) is 7.74. The van der Waals surface area contributed by atoms with Gasteiger partial charge in [0.15, 0.2) is 0 Å². The molecular formula is C19H22ClF3N2O4. The Bertz CT molecular complexity index is 790. The molecule has 1 aromatic rings. The minimum atomic E-state index is -4.49. The molecule has 1 aliphatic heterocycles. The molecule has 1 heterocycles. The Kier molecular flexibility index (Phi) is 6.12. The number of rotatable bonds is 6. The van der Waals surface area contributed by atoms with Gasteiger partial charge < -0.3 is 20.1 Å². The molecule has 29 heavy (non-hydrogen) atoms. The Labute approximate surface area is 171 Å². The smallest absolute Gasteiger partial charge is 0.417 e. The normalized spacial score (nSPS) is 24.6. The number of likely N-dealkylation sites (tertiary alicyclic amines) is 1. The van der Waals surface area contributed by atoms with Crippen molar-refractivity contribution in [1.29, 1.82) is 0 Å². The molecule has 2 fully saturated rings. The van der Waals surface area contributed by atoms with Crippen LogP contribution in [0.5, 0.6) is 0 Å². The van der Waals surface area contributed by atoms with Crippen LogP contribution in [0.25, 0.3) is 0 Å². The molecule has 0 aromatic heterocycles. The Hall–Kier alpha value is -1.84. The molecule has 1 saturated heterocycles. The lowest BCUT2D eigenvalue weighted by atomic mass is 9.68. The zero-order chi connectivity index (χ0) is 21.4. The number of amides is 1. The number of carbonyl (C=O) groups is 2. The van der Waals surface area contributed by atoms with Crippen LogP contribution in [-0.2, 0) is 31.8 Å². The van der Waals surface area contributed by atoms with Crippen LogP contribution >= 0.6 is 11.6 Å². The Balaban J connectivity index is 1.39. The van der Waals surface area contributed by atoms with E-state index in [1.54, 1.807) is 4.90 Å². The molecule has 6 nitrogen and oxygen atoms in total. The van der Waals surface area contributed by atoms with E-state index in [2.05, 4.69) is 0 Å². The van der Waals surface area contributed by atoms with E-state index in [4.69, 9.17) is 26.8 Å². The lowest BCUT2D eigenvalue weighted by molar-refractivity contribution is -0.157. The zero-order valence-electron chi connectivity index (χ0n) is 15.8. The quantitative estimate of drug-likeness (QED) is 0.696. The maximum Gasteiger partial charge on any atom is 0.417 e. The van der Waals surface area contributed by atoms with Crippen LogP contribution in [0.3, 0.4) is 0 Å². The Morgan fingerprint density at radius 1 is 1.31 bits per heavy atom. The fourth-order valence-electron chi connectivity index (χ4n) is 3.53. The predicted octanol–water partition coefficient (Wildman–Crippen LogP) is 2.76. The summed E-state index contributed by atoms with van der Waals surface area (Å²) in [6.07, 6.45) is -3.74. The van der Waals surface area contributed by atoms with Crippen molar-refractivity contribution < 1.29 is 32.2 Å². The highest BCUT2D eigenvalue weighted by molar-refractivity contribution is 6.31. The number of carbonyl (C=O) groups excluding carboxylic acids is 2. The molecule has 2 N–H and O–H groups in total. The summed E-state index contributed by atoms with van der Waals surface area (Å²) < 4.78 is 48.7. The third-order valence-corrected chi connectivity index (χ3v) is 5.52. The lowest BCUT2D eigenvalue weighted by Gasteiger charge is -2.48. The van der Waals surface area contributed by atoms with Crippen molar-refractivity contribution >= 4 is 23.5 Å². The van der Waals surface area contributed by atoms with Gasteiger partial charge in [0.05, 0.1) is 28.8 Å². The molecule has 1 aromatic carbocycles. The topological polar surface area (TPSA) is 81.9 Å². The van der Waals surface area contributed by atoms with Gasteiger partial charge in [-0.15, -0.1) is 0 Å². The molecule has 0 bridgehead atoms. The van der Waals surface area contributed by atoms with E-state index in [0.29, 0.717) is 31.5 Å². The minimum Gasteiger partial charge on any atom is -0.464 e. The van der Waals surface area contributed by atoms with Crippen LogP contribution in [0.15, 0.2) is 18.2 Å². The molecule has 2 aliphatic rings. The largest absolute Gasteiger partial charge is 0.464 e. The van der Waals surface area contributed by atoms with Gasteiger partial charge in [0.2, 0.25) is 5.91 Å². The van der Waals surface area contributed by atoms with Crippen molar-refractivity contribution in [1.82, 2.24) is 4.90 Å². The third-order valence-electron chi connectivity index (χ3n) is 5.20. The molecule has 3 rings (SSSR count). The molecule has 1 saturated carbocycles. The van der Waals surface area contributed by atoms with E-state index < -0.39 is 23.2 Å². The van der Waals surface area contributed by atoms with Gasteiger partial charge in [0.25, 0.3) is 0 Å². The highest BCUT2D eigenvalue weighted by Gasteiger charge is 2.48. The summed E-state index contributed by atoms with van der Waals surface area (Å²) in [5.74, 6) is -0.599. The van der Waals surface area contributed by atoms with Crippen molar-refractivity contribution in [3.05, 3.63) is 34.3 Å². The van der Waals surface area contributed by atoms with E-state index in [1.807, 2.05) is 0 Å². The number of esters is 1.